The number of amides is 2. The van der Waals surface area contributed by atoms with Gasteiger partial charge in [0.2, 0.25) is 11.8 Å². The van der Waals surface area contributed by atoms with Crippen molar-refractivity contribution in [2.24, 2.45) is 0 Å². The van der Waals surface area contributed by atoms with E-state index < -0.39 is 78.4 Å². The van der Waals surface area contributed by atoms with Crippen molar-refractivity contribution in [3.8, 4) is 22.8 Å². The maximum Gasteiger partial charge on any atom is 0.417 e. The van der Waals surface area contributed by atoms with Crippen LogP contribution in [-0.4, -0.2) is 53.9 Å². The number of carbonyl (C=O) groups is 2. The zero-order valence-corrected chi connectivity index (χ0v) is 28.7. The normalized spacial score (nSPS) is 17.2. The van der Waals surface area contributed by atoms with Crippen molar-refractivity contribution in [1.82, 2.24) is 35.3 Å². The van der Waals surface area contributed by atoms with Crippen molar-refractivity contribution in [2.75, 3.05) is 0 Å². The van der Waals surface area contributed by atoms with Gasteiger partial charge in [0.15, 0.2) is 11.8 Å². The van der Waals surface area contributed by atoms with Crippen LogP contribution in [0, 0.1) is 18.2 Å². The maximum absolute atomic E-state index is 14.3. The lowest BCUT2D eigenvalue weighted by molar-refractivity contribution is -0.140. The van der Waals surface area contributed by atoms with Crippen molar-refractivity contribution >= 4 is 17.8 Å². The smallest absolute Gasteiger partial charge is 0.417 e. The standard InChI is InChI=1S/C37H29F7N8O3/c1-20-49-50-31(55-20)23-5-2-4-22(15-23)30-46-16-24-18-51(19-29(24)47-30)32(53)27-14-21(6-11-28(27)37(42,43)44)17-52-33(54)35(48-34(52)45,12-3-13-36(39,40)41)25-7-9-26(38)10-8-25/h2,4-11,14-16H,3,12-13,17-19H2,1H3,(H2,45,48)/t35-/m1/s1. The number of aryl methyl sites for hydroxylation is 1. The maximum atomic E-state index is 14.3. The minimum atomic E-state index is -4.95. The SMILES string of the molecule is Cc1nnc(-c2cccc(-c3ncc4c(n3)CN(C(=O)c3cc(CN5C(=N)N[C@](CCCC(F)(F)F)(c6ccc(F)cc6)C5=O)ccc3C(F)(F)F)C4)c2)o1. The van der Waals surface area contributed by atoms with E-state index in [0.29, 0.717) is 40.2 Å². The Bertz CT molecular complexity index is 2310. The van der Waals surface area contributed by atoms with Crippen molar-refractivity contribution in [3.63, 3.8) is 0 Å². The molecule has 0 radical (unpaired) electrons. The lowest BCUT2D eigenvalue weighted by Gasteiger charge is -2.28. The Balaban J connectivity index is 1.14. The molecule has 4 heterocycles. The highest BCUT2D eigenvalue weighted by Gasteiger charge is 2.51. The number of guanidine groups is 1. The molecule has 1 saturated heterocycles. The summed E-state index contributed by atoms with van der Waals surface area (Å²) in [6.45, 7) is 0.931. The first-order valence-electron chi connectivity index (χ1n) is 16.8. The molecule has 0 aliphatic carbocycles. The average Bonchev–Trinajstić information content (AvgIpc) is 3.83. The minimum Gasteiger partial charge on any atom is -0.421 e. The Hall–Kier alpha value is -6.20. The van der Waals surface area contributed by atoms with E-state index in [9.17, 15) is 40.3 Å². The molecule has 0 unspecified atom stereocenters. The van der Waals surface area contributed by atoms with Gasteiger partial charge < -0.3 is 14.6 Å². The molecule has 2 aliphatic rings. The van der Waals surface area contributed by atoms with Crippen molar-refractivity contribution in [2.45, 2.75) is 63.7 Å². The molecule has 2 aromatic heterocycles. The van der Waals surface area contributed by atoms with E-state index in [4.69, 9.17) is 9.83 Å². The number of benzene rings is 3. The summed E-state index contributed by atoms with van der Waals surface area (Å²) in [5.74, 6) is -2.07. The van der Waals surface area contributed by atoms with E-state index in [1.54, 1.807) is 31.2 Å². The van der Waals surface area contributed by atoms with Crippen LogP contribution in [0.15, 0.2) is 77.3 Å². The van der Waals surface area contributed by atoms with Gasteiger partial charge in [0.25, 0.3) is 11.8 Å². The molecule has 0 spiro atoms. The monoisotopic (exact) mass is 766 g/mol. The second-order valence-electron chi connectivity index (χ2n) is 13.2. The van der Waals surface area contributed by atoms with Gasteiger partial charge in [0.05, 0.1) is 29.9 Å². The average molecular weight is 767 g/mol. The number of halogens is 7. The van der Waals surface area contributed by atoms with Gasteiger partial charge in [-0.2, -0.15) is 26.3 Å². The molecule has 284 valence electrons. The van der Waals surface area contributed by atoms with E-state index in [0.717, 1.165) is 29.2 Å². The minimum absolute atomic E-state index is 0.0385. The number of carbonyl (C=O) groups excluding carboxylic acids is 2. The van der Waals surface area contributed by atoms with Crippen molar-refractivity contribution in [3.05, 3.63) is 118 Å². The number of rotatable bonds is 9. The molecule has 11 nitrogen and oxygen atoms in total. The summed E-state index contributed by atoms with van der Waals surface area (Å²) in [7, 11) is 0. The molecule has 55 heavy (non-hydrogen) atoms. The number of fused-ring (bicyclic) bond motifs is 1. The van der Waals surface area contributed by atoms with Crippen LogP contribution in [0.5, 0.6) is 0 Å². The third-order valence-electron chi connectivity index (χ3n) is 9.36. The molecule has 2 aliphatic heterocycles. The first-order chi connectivity index (χ1) is 26.0. The number of hydrogen-bond acceptors (Lipinski definition) is 8. The lowest BCUT2D eigenvalue weighted by Crippen LogP contribution is -2.44. The predicted octanol–water partition coefficient (Wildman–Crippen LogP) is 7.31. The molecular formula is C37H29F7N8O3. The zero-order valence-electron chi connectivity index (χ0n) is 28.7. The lowest BCUT2D eigenvalue weighted by atomic mass is 9.84. The second-order valence-corrected chi connectivity index (χ2v) is 13.2. The van der Waals surface area contributed by atoms with Gasteiger partial charge in [-0.1, -0.05) is 30.3 Å². The number of hydrogen-bond donors (Lipinski definition) is 2. The van der Waals surface area contributed by atoms with E-state index in [1.165, 1.54) is 23.2 Å². The highest BCUT2D eigenvalue weighted by atomic mass is 19.4. The van der Waals surface area contributed by atoms with E-state index >= 15 is 0 Å². The topological polar surface area (TPSA) is 141 Å². The largest absolute Gasteiger partial charge is 0.421 e. The van der Waals surface area contributed by atoms with E-state index in [2.05, 4.69) is 25.5 Å². The molecule has 5 aromatic rings. The molecule has 18 heteroatoms. The summed E-state index contributed by atoms with van der Waals surface area (Å²) in [6.07, 6.45) is -10.2. The van der Waals surface area contributed by atoms with Crippen LogP contribution in [0.1, 0.15) is 63.5 Å². The first kappa shape index (κ1) is 37.1. The zero-order chi connectivity index (χ0) is 39.3. The van der Waals surface area contributed by atoms with Gasteiger partial charge in [-0.15, -0.1) is 10.2 Å². The molecule has 1 fully saturated rings. The van der Waals surface area contributed by atoms with Crippen molar-refractivity contribution in [1.29, 1.82) is 5.41 Å². The number of nitrogens with one attached hydrogen (secondary N) is 2. The molecule has 0 saturated carbocycles. The van der Waals surface area contributed by atoms with Gasteiger partial charge in [-0.3, -0.25) is 19.9 Å². The molecular weight excluding hydrogens is 737 g/mol. The van der Waals surface area contributed by atoms with Crippen LogP contribution in [-0.2, 0) is 36.1 Å². The first-order valence-corrected chi connectivity index (χ1v) is 16.8. The Labute approximate surface area is 307 Å². The highest BCUT2D eigenvalue weighted by Crippen LogP contribution is 2.38. The molecule has 2 amide bonds. The van der Waals surface area contributed by atoms with Crippen LogP contribution in [0.4, 0.5) is 30.7 Å². The van der Waals surface area contributed by atoms with E-state index in [-0.39, 0.29) is 30.1 Å². The molecule has 0 bridgehead atoms. The quantitative estimate of drug-likeness (QED) is 0.149. The summed E-state index contributed by atoms with van der Waals surface area (Å²) in [6, 6.07) is 14.2. The van der Waals surface area contributed by atoms with Crippen LogP contribution < -0.4 is 5.32 Å². The Kier molecular flexibility index (Phi) is 9.38. The molecule has 7 rings (SSSR count). The third kappa shape index (κ3) is 7.48. The summed E-state index contributed by atoms with van der Waals surface area (Å²) in [5, 5.41) is 19.0. The van der Waals surface area contributed by atoms with Gasteiger partial charge in [-0.05, 0) is 60.4 Å². The number of nitrogens with zero attached hydrogens (tertiary/aromatic N) is 6. The van der Waals surface area contributed by atoms with Gasteiger partial charge in [0.1, 0.15) is 11.4 Å². The van der Waals surface area contributed by atoms with Crippen LogP contribution >= 0.6 is 0 Å². The van der Waals surface area contributed by atoms with Crippen LogP contribution in [0.25, 0.3) is 22.8 Å². The molecule has 1 atom stereocenters. The summed E-state index contributed by atoms with van der Waals surface area (Å²) in [4.78, 5) is 38.9. The number of aromatic nitrogens is 4. The fourth-order valence-electron chi connectivity index (χ4n) is 6.71. The predicted molar refractivity (Wildman–Crippen MR) is 180 cm³/mol. The Morgan fingerprint density at radius 2 is 1.73 bits per heavy atom. The molecule has 3 aromatic carbocycles. The highest BCUT2D eigenvalue weighted by molar-refractivity contribution is 6.08. The van der Waals surface area contributed by atoms with E-state index in [1.807, 2.05) is 0 Å². The third-order valence-corrected chi connectivity index (χ3v) is 9.36. The molecule has 2 N–H and O–H groups in total. The second kappa shape index (κ2) is 13.9. The Morgan fingerprint density at radius 1 is 0.982 bits per heavy atom. The van der Waals surface area contributed by atoms with Crippen molar-refractivity contribution < 1.29 is 44.7 Å². The van der Waals surface area contributed by atoms with Crippen LogP contribution in [0.3, 0.4) is 0 Å². The van der Waals surface area contributed by atoms with Gasteiger partial charge in [-0.25, -0.2) is 14.4 Å². The number of alkyl halides is 6. The summed E-state index contributed by atoms with van der Waals surface area (Å²) >= 11 is 0. The Morgan fingerprint density at radius 3 is 2.42 bits per heavy atom. The summed E-state index contributed by atoms with van der Waals surface area (Å²) < 4.78 is 101. The fourth-order valence-corrected chi connectivity index (χ4v) is 6.71. The summed E-state index contributed by atoms with van der Waals surface area (Å²) in [5.41, 5.74) is -1.53. The van der Waals surface area contributed by atoms with Gasteiger partial charge >= 0.3 is 12.4 Å². The van der Waals surface area contributed by atoms with Gasteiger partial charge in [0, 0.05) is 42.8 Å². The fraction of sp³-hybridized carbons (Fsp3) is 0.270. The van der Waals surface area contributed by atoms with Crippen LogP contribution in [0.2, 0.25) is 0 Å².